The lowest BCUT2D eigenvalue weighted by atomic mass is 10.1. The van der Waals surface area contributed by atoms with E-state index < -0.39 is 29.1 Å². The highest BCUT2D eigenvalue weighted by molar-refractivity contribution is 5.97. The van der Waals surface area contributed by atoms with E-state index in [4.69, 9.17) is 0 Å². The quantitative estimate of drug-likeness (QED) is 0.556. The largest absolute Gasteiger partial charge is 0.416 e. The first kappa shape index (κ1) is 25.2. The molecule has 35 heavy (non-hydrogen) atoms. The van der Waals surface area contributed by atoms with Crippen molar-refractivity contribution in [1.82, 2.24) is 9.88 Å². The van der Waals surface area contributed by atoms with Gasteiger partial charge in [0.25, 0.3) is 11.5 Å². The number of pyridine rings is 1. The molecule has 0 spiro atoms. The SMILES string of the molecule is Cc1cc(C)n(CC(=O)Nc2cccc(C(=O)NCc3ccccc3C(F)(F)F)c2)c(=O)c1C#N. The van der Waals surface area contributed by atoms with Crippen LogP contribution in [0.2, 0.25) is 0 Å². The molecule has 0 bridgehead atoms. The zero-order chi connectivity index (χ0) is 25.8. The molecule has 0 radical (unpaired) electrons. The van der Waals surface area contributed by atoms with E-state index in [1.807, 2.05) is 6.07 Å². The number of nitrogens with one attached hydrogen (secondary N) is 2. The molecular formula is C25H21F3N4O3. The highest BCUT2D eigenvalue weighted by atomic mass is 19.4. The Labute approximate surface area is 198 Å². The van der Waals surface area contributed by atoms with Crippen molar-refractivity contribution in [3.8, 4) is 6.07 Å². The van der Waals surface area contributed by atoms with E-state index in [0.717, 1.165) is 6.07 Å². The van der Waals surface area contributed by atoms with Crippen LogP contribution in [0.4, 0.5) is 18.9 Å². The normalized spacial score (nSPS) is 11.0. The predicted octanol–water partition coefficient (Wildman–Crippen LogP) is 3.92. The summed E-state index contributed by atoms with van der Waals surface area (Å²) in [7, 11) is 0. The molecule has 0 saturated carbocycles. The van der Waals surface area contributed by atoms with Crippen LogP contribution in [0.5, 0.6) is 0 Å². The fourth-order valence-corrected chi connectivity index (χ4v) is 3.57. The molecule has 0 fully saturated rings. The van der Waals surface area contributed by atoms with E-state index in [2.05, 4.69) is 10.6 Å². The Morgan fingerprint density at radius 2 is 1.77 bits per heavy atom. The first-order valence-corrected chi connectivity index (χ1v) is 10.5. The van der Waals surface area contributed by atoms with Crippen molar-refractivity contribution in [2.24, 2.45) is 0 Å². The molecule has 3 aromatic rings. The number of nitriles is 1. The molecular weight excluding hydrogens is 461 g/mol. The van der Waals surface area contributed by atoms with Crippen LogP contribution in [0.1, 0.15) is 38.3 Å². The van der Waals surface area contributed by atoms with Crippen LogP contribution in [0, 0.1) is 25.2 Å². The Hall–Kier alpha value is -4.39. The number of anilines is 1. The van der Waals surface area contributed by atoms with Crippen LogP contribution < -0.4 is 16.2 Å². The first-order chi connectivity index (χ1) is 16.5. The molecule has 0 saturated heterocycles. The van der Waals surface area contributed by atoms with Gasteiger partial charge in [-0.1, -0.05) is 24.3 Å². The number of aryl methyl sites for hydroxylation is 2. The molecule has 0 aliphatic rings. The second kappa shape index (κ2) is 10.3. The first-order valence-electron chi connectivity index (χ1n) is 10.5. The van der Waals surface area contributed by atoms with Crippen LogP contribution in [0.3, 0.4) is 0 Å². The molecule has 180 valence electrons. The van der Waals surface area contributed by atoms with Crippen molar-refractivity contribution in [2.75, 3.05) is 5.32 Å². The molecule has 0 aliphatic carbocycles. The Bertz CT molecular complexity index is 1390. The van der Waals surface area contributed by atoms with Gasteiger partial charge >= 0.3 is 6.18 Å². The Balaban J connectivity index is 1.70. The molecule has 0 aliphatic heterocycles. The van der Waals surface area contributed by atoms with Gasteiger partial charge in [0.2, 0.25) is 5.91 Å². The molecule has 7 nitrogen and oxygen atoms in total. The minimum Gasteiger partial charge on any atom is -0.348 e. The summed E-state index contributed by atoms with van der Waals surface area (Å²) in [5.74, 6) is -1.18. The number of halogens is 3. The summed E-state index contributed by atoms with van der Waals surface area (Å²) in [6, 6.07) is 14.3. The third-order valence-electron chi connectivity index (χ3n) is 5.29. The van der Waals surface area contributed by atoms with Crippen molar-refractivity contribution in [3.63, 3.8) is 0 Å². The van der Waals surface area contributed by atoms with Crippen molar-refractivity contribution in [3.05, 3.63) is 98.5 Å². The number of hydrogen-bond donors (Lipinski definition) is 2. The van der Waals surface area contributed by atoms with E-state index >= 15 is 0 Å². The number of alkyl halides is 3. The summed E-state index contributed by atoms with van der Waals surface area (Å²) in [4.78, 5) is 37.5. The van der Waals surface area contributed by atoms with Gasteiger partial charge in [0.05, 0.1) is 5.56 Å². The van der Waals surface area contributed by atoms with Gasteiger partial charge in [-0.2, -0.15) is 18.4 Å². The molecule has 2 N–H and O–H groups in total. The zero-order valence-corrected chi connectivity index (χ0v) is 18.9. The van der Waals surface area contributed by atoms with E-state index in [1.54, 1.807) is 19.9 Å². The highest BCUT2D eigenvalue weighted by Crippen LogP contribution is 2.31. The molecule has 1 heterocycles. The van der Waals surface area contributed by atoms with Crippen LogP contribution in [0.15, 0.2) is 59.4 Å². The number of rotatable bonds is 6. The molecule has 2 amide bonds. The third-order valence-corrected chi connectivity index (χ3v) is 5.29. The molecule has 1 aromatic heterocycles. The number of carbonyl (C=O) groups is 2. The maximum Gasteiger partial charge on any atom is 0.416 e. The number of carbonyl (C=O) groups excluding carboxylic acids is 2. The number of nitrogens with zero attached hydrogens (tertiary/aromatic N) is 2. The van der Waals surface area contributed by atoms with Gasteiger partial charge in [-0.25, -0.2) is 0 Å². The summed E-state index contributed by atoms with van der Waals surface area (Å²) in [5, 5.41) is 14.2. The molecule has 10 heteroatoms. The number of aromatic nitrogens is 1. The van der Waals surface area contributed by atoms with Crippen molar-refractivity contribution < 1.29 is 22.8 Å². The van der Waals surface area contributed by atoms with Crippen LogP contribution >= 0.6 is 0 Å². The van der Waals surface area contributed by atoms with E-state index in [-0.39, 0.29) is 35.5 Å². The molecule has 2 aromatic carbocycles. The van der Waals surface area contributed by atoms with E-state index in [0.29, 0.717) is 11.3 Å². The predicted molar refractivity (Wildman–Crippen MR) is 123 cm³/mol. The van der Waals surface area contributed by atoms with E-state index in [9.17, 15) is 32.8 Å². The number of amides is 2. The van der Waals surface area contributed by atoms with Crippen molar-refractivity contribution in [2.45, 2.75) is 33.1 Å². The lowest BCUT2D eigenvalue weighted by Gasteiger charge is -2.14. The fourth-order valence-electron chi connectivity index (χ4n) is 3.57. The van der Waals surface area contributed by atoms with Crippen LogP contribution in [-0.4, -0.2) is 16.4 Å². The van der Waals surface area contributed by atoms with Crippen LogP contribution in [-0.2, 0) is 24.1 Å². The van der Waals surface area contributed by atoms with Gasteiger partial charge in [-0.15, -0.1) is 0 Å². The van der Waals surface area contributed by atoms with Gasteiger partial charge in [0, 0.05) is 23.5 Å². The van der Waals surface area contributed by atoms with Crippen molar-refractivity contribution >= 4 is 17.5 Å². The summed E-state index contributed by atoms with van der Waals surface area (Å²) in [5.41, 5.74) is -0.117. The molecule has 0 unspecified atom stereocenters. The lowest BCUT2D eigenvalue weighted by molar-refractivity contribution is -0.138. The van der Waals surface area contributed by atoms with Crippen molar-refractivity contribution in [1.29, 1.82) is 5.26 Å². The minimum atomic E-state index is -4.54. The van der Waals surface area contributed by atoms with Gasteiger partial charge in [-0.05, 0) is 55.3 Å². The molecule has 3 rings (SSSR count). The second-order valence-electron chi connectivity index (χ2n) is 7.81. The Morgan fingerprint density at radius 1 is 1.06 bits per heavy atom. The van der Waals surface area contributed by atoms with Gasteiger partial charge in [0.15, 0.2) is 0 Å². The van der Waals surface area contributed by atoms with E-state index in [1.165, 1.54) is 47.0 Å². The maximum absolute atomic E-state index is 13.1. The second-order valence-corrected chi connectivity index (χ2v) is 7.81. The monoisotopic (exact) mass is 482 g/mol. The fraction of sp³-hybridized carbons (Fsp3) is 0.200. The van der Waals surface area contributed by atoms with Gasteiger partial charge < -0.3 is 15.2 Å². The number of hydrogen-bond acceptors (Lipinski definition) is 4. The Morgan fingerprint density at radius 3 is 2.46 bits per heavy atom. The highest BCUT2D eigenvalue weighted by Gasteiger charge is 2.32. The van der Waals surface area contributed by atoms with Gasteiger partial charge in [0.1, 0.15) is 18.2 Å². The average molecular weight is 482 g/mol. The maximum atomic E-state index is 13.1. The smallest absolute Gasteiger partial charge is 0.348 e. The van der Waals surface area contributed by atoms with Gasteiger partial charge in [-0.3, -0.25) is 14.4 Å². The summed E-state index contributed by atoms with van der Waals surface area (Å²) in [6.07, 6.45) is -4.54. The Kier molecular flexibility index (Phi) is 7.40. The number of benzene rings is 2. The minimum absolute atomic E-state index is 0.0471. The zero-order valence-electron chi connectivity index (χ0n) is 18.9. The third kappa shape index (κ3) is 5.95. The summed E-state index contributed by atoms with van der Waals surface area (Å²) < 4.78 is 40.6. The summed E-state index contributed by atoms with van der Waals surface area (Å²) >= 11 is 0. The lowest BCUT2D eigenvalue weighted by Crippen LogP contribution is -2.31. The average Bonchev–Trinajstić information content (AvgIpc) is 2.80. The summed E-state index contributed by atoms with van der Waals surface area (Å²) in [6.45, 7) is 2.60. The topological polar surface area (TPSA) is 104 Å². The standard InChI is InChI=1S/C25H21F3N4O3/c1-15-10-16(2)32(24(35)20(15)12-29)14-22(33)31-19-8-5-7-17(11-19)23(34)30-13-18-6-3-4-9-21(18)25(26,27)28/h3-11H,13-14H2,1-2H3,(H,30,34)(H,31,33). The molecule has 0 atom stereocenters. The van der Waals surface area contributed by atoms with Crippen LogP contribution in [0.25, 0.3) is 0 Å².